The number of aromatic nitrogens is 1. The molecule has 32 heavy (non-hydrogen) atoms. The van der Waals surface area contributed by atoms with Gasteiger partial charge in [-0.05, 0) is 30.7 Å². The van der Waals surface area contributed by atoms with E-state index in [0.717, 1.165) is 11.1 Å². The van der Waals surface area contributed by atoms with E-state index in [9.17, 15) is 14.4 Å². The SMILES string of the molecule is Cc1ccc(NC(=O)Cn2c(=O)cc(C(=O)NCc3ccccc3)c3ccccc32)cc1. The zero-order valence-corrected chi connectivity index (χ0v) is 17.7. The number of para-hydroxylation sites is 1. The predicted molar refractivity (Wildman–Crippen MR) is 126 cm³/mol. The van der Waals surface area contributed by atoms with Crippen molar-refractivity contribution in [3.63, 3.8) is 0 Å². The van der Waals surface area contributed by atoms with Crippen LogP contribution >= 0.6 is 0 Å². The Bertz CT molecular complexity index is 1330. The summed E-state index contributed by atoms with van der Waals surface area (Å²) in [4.78, 5) is 38.3. The van der Waals surface area contributed by atoms with Gasteiger partial charge in [-0.2, -0.15) is 0 Å². The summed E-state index contributed by atoms with van der Waals surface area (Å²) in [5, 5.41) is 6.28. The molecule has 0 unspecified atom stereocenters. The third kappa shape index (κ3) is 4.75. The molecule has 1 heterocycles. The van der Waals surface area contributed by atoms with E-state index in [4.69, 9.17) is 0 Å². The number of nitrogens with zero attached hydrogens (tertiary/aromatic N) is 1. The summed E-state index contributed by atoms with van der Waals surface area (Å²) < 4.78 is 1.38. The van der Waals surface area contributed by atoms with Crippen molar-refractivity contribution < 1.29 is 9.59 Å². The van der Waals surface area contributed by atoms with E-state index in [0.29, 0.717) is 23.1 Å². The lowest BCUT2D eigenvalue weighted by molar-refractivity contribution is -0.116. The molecule has 0 aliphatic rings. The van der Waals surface area contributed by atoms with Gasteiger partial charge in [-0.15, -0.1) is 0 Å². The van der Waals surface area contributed by atoms with Gasteiger partial charge in [0.05, 0.1) is 11.1 Å². The quantitative estimate of drug-likeness (QED) is 0.492. The lowest BCUT2D eigenvalue weighted by Gasteiger charge is -2.14. The number of hydrogen-bond acceptors (Lipinski definition) is 3. The lowest BCUT2D eigenvalue weighted by Crippen LogP contribution is -2.30. The highest BCUT2D eigenvalue weighted by atomic mass is 16.2. The maximum absolute atomic E-state index is 12.9. The lowest BCUT2D eigenvalue weighted by atomic mass is 10.1. The van der Waals surface area contributed by atoms with Crippen LogP contribution in [0.5, 0.6) is 0 Å². The van der Waals surface area contributed by atoms with E-state index in [-0.39, 0.29) is 23.9 Å². The fourth-order valence-electron chi connectivity index (χ4n) is 3.54. The van der Waals surface area contributed by atoms with E-state index in [1.165, 1.54) is 10.6 Å². The molecule has 0 aliphatic carbocycles. The van der Waals surface area contributed by atoms with Gasteiger partial charge in [-0.1, -0.05) is 66.2 Å². The molecule has 6 nitrogen and oxygen atoms in total. The number of anilines is 1. The molecule has 1 aromatic heterocycles. The maximum Gasteiger partial charge on any atom is 0.252 e. The molecule has 4 aromatic rings. The number of aryl methyl sites for hydroxylation is 1. The van der Waals surface area contributed by atoms with E-state index >= 15 is 0 Å². The van der Waals surface area contributed by atoms with E-state index in [1.54, 1.807) is 24.3 Å². The van der Waals surface area contributed by atoms with E-state index in [2.05, 4.69) is 10.6 Å². The zero-order chi connectivity index (χ0) is 22.5. The van der Waals surface area contributed by atoms with Crippen molar-refractivity contribution in [3.8, 4) is 0 Å². The van der Waals surface area contributed by atoms with Crippen LogP contribution in [-0.4, -0.2) is 16.4 Å². The van der Waals surface area contributed by atoms with Crippen LogP contribution in [-0.2, 0) is 17.9 Å². The maximum atomic E-state index is 12.9. The number of fused-ring (bicyclic) bond motifs is 1. The highest BCUT2D eigenvalue weighted by Gasteiger charge is 2.16. The van der Waals surface area contributed by atoms with Crippen molar-refractivity contribution >= 4 is 28.4 Å². The van der Waals surface area contributed by atoms with Crippen molar-refractivity contribution in [2.24, 2.45) is 0 Å². The normalized spacial score (nSPS) is 10.7. The summed E-state index contributed by atoms with van der Waals surface area (Å²) >= 11 is 0. The molecule has 0 fully saturated rings. The zero-order valence-electron chi connectivity index (χ0n) is 17.7. The molecule has 0 spiro atoms. The smallest absolute Gasteiger partial charge is 0.252 e. The average molecular weight is 425 g/mol. The van der Waals surface area contributed by atoms with Gasteiger partial charge in [-0.3, -0.25) is 19.0 Å². The largest absolute Gasteiger partial charge is 0.348 e. The minimum absolute atomic E-state index is 0.154. The summed E-state index contributed by atoms with van der Waals surface area (Å²) in [5.74, 6) is -0.652. The minimum Gasteiger partial charge on any atom is -0.348 e. The van der Waals surface area contributed by atoms with Crippen LogP contribution in [0.3, 0.4) is 0 Å². The highest BCUT2D eigenvalue weighted by Crippen LogP contribution is 2.18. The molecule has 0 atom stereocenters. The summed E-state index contributed by atoms with van der Waals surface area (Å²) in [6, 6.07) is 25.4. The van der Waals surface area contributed by atoms with Gasteiger partial charge in [-0.25, -0.2) is 0 Å². The standard InChI is InChI=1S/C26H23N3O3/c1-18-11-13-20(14-12-18)28-24(30)17-29-23-10-6-5-9-21(23)22(15-25(29)31)26(32)27-16-19-7-3-2-4-8-19/h2-15H,16-17H2,1H3,(H,27,32)(H,28,30). The second-order valence-corrected chi connectivity index (χ2v) is 7.58. The van der Waals surface area contributed by atoms with Crippen LogP contribution in [0, 0.1) is 6.92 Å². The van der Waals surface area contributed by atoms with Crippen LogP contribution < -0.4 is 16.2 Å². The van der Waals surface area contributed by atoms with Crippen molar-refractivity contribution in [2.75, 3.05) is 5.32 Å². The van der Waals surface area contributed by atoms with Gasteiger partial charge in [0, 0.05) is 23.7 Å². The Kier molecular flexibility index (Phi) is 6.12. The first kappa shape index (κ1) is 21.1. The molecule has 0 bridgehead atoms. The van der Waals surface area contributed by atoms with Crippen LogP contribution in [0.2, 0.25) is 0 Å². The summed E-state index contributed by atoms with van der Waals surface area (Å²) in [6.45, 7) is 2.17. The van der Waals surface area contributed by atoms with E-state index in [1.807, 2.05) is 61.5 Å². The molecule has 6 heteroatoms. The third-order valence-corrected chi connectivity index (χ3v) is 5.20. The first-order chi connectivity index (χ1) is 15.5. The van der Waals surface area contributed by atoms with E-state index < -0.39 is 5.56 Å². The van der Waals surface area contributed by atoms with Crippen LogP contribution in [0.15, 0.2) is 89.7 Å². The Morgan fingerprint density at radius 2 is 1.56 bits per heavy atom. The van der Waals surface area contributed by atoms with Crippen LogP contribution in [0.4, 0.5) is 5.69 Å². The Hall–Kier alpha value is -4.19. The number of amides is 2. The molecule has 0 aliphatic heterocycles. The molecule has 0 saturated heterocycles. The first-order valence-electron chi connectivity index (χ1n) is 10.3. The van der Waals surface area contributed by atoms with Gasteiger partial charge in [0.2, 0.25) is 5.91 Å². The Morgan fingerprint density at radius 3 is 2.31 bits per heavy atom. The van der Waals surface area contributed by atoms with Gasteiger partial charge in [0.15, 0.2) is 0 Å². The van der Waals surface area contributed by atoms with Crippen molar-refractivity contribution in [1.82, 2.24) is 9.88 Å². The highest BCUT2D eigenvalue weighted by molar-refractivity contribution is 6.06. The van der Waals surface area contributed by atoms with Gasteiger partial charge in [0.25, 0.3) is 11.5 Å². The van der Waals surface area contributed by atoms with Crippen molar-refractivity contribution in [3.05, 3.63) is 112 Å². The molecule has 3 aromatic carbocycles. The number of benzene rings is 3. The molecule has 2 N–H and O–H groups in total. The fourth-order valence-corrected chi connectivity index (χ4v) is 3.54. The molecular formula is C26H23N3O3. The minimum atomic E-state index is -0.410. The average Bonchev–Trinajstić information content (AvgIpc) is 2.81. The van der Waals surface area contributed by atoms with Crippen LogP contribution in [0.25, 0.3) is 10.9 Å². The van der Waals surface area contributed by atoms with Gasteiger partial charge < -0.3 is 10.6 Å². The summed E-state index contributed by atoms with van der Waals surface area (Å²) in [6.07, 6.45) is 0. The second kappa shape index (κ2) is 9.31. The van der Waals surface area contributed by atoms with Crippen molar-refractivity contribution in [2.45, 2.75) is 20.0 Å². The number of carbonyl (C=O) groups excluding carboxylic acids is 2. The van der Waals surface area contributed by atoms with Crippen LogP contribution in [0.1, 0.15) is 21.5 Å². The molecule has 4 rings (SSSR count). The molecule has 2 amide bonds. The Balaban J connectivity index is 1.59. The molecular weight excluding hydrogens is 402 g/mol. The summed E-state index contributed by atoms with van der Waals surface area (Å²) in [7, 11) is 0. The second-order valence-electron chi connectivity index (χ2n) is 7.58. The molecule has 0 radical (unpaired) electrons. The fraction of sp³-hybridized carbons (Fsp3) is 0.115. The third-order valence-electron chi connectivity index (χ3n) is 5.20. The molecule has 160 valence electrons. The number of hydrogen-bond donors (Lipinski definition) is 2. The van der Waals surface area contributed by atoms with Gasteiger partial charge >= 0.3 is 0 Å². The number of carbonyl (C=O) groups is 2. The Morgan fingerprint density at radius 1 is 0.875 bits per heavy atom. The topological polar surface area (TPSA) is 80.2 Å². The van der Waals surface area contributed by atoms with Crippen molar-refractivity contribution in [1.29, 1.82) is 0 Å². The Labute approximate surface area is 185 Å². The summed E-state index contributed by atoms with van der Waals surface area (Å²) in [5.41, 5.74) is 3.13. The number of nitrogens with one attached hydrogen (secondary N) is 2. The predicted octanol–water partition coefficient (Wildman–Crippen LogP) is 3.88. The number of rotatable bonds is 6. The van der Waals surface area contributed by atoms with Gasteiger partial charge in [0.1, 0.15) is 6.54 Å². The monoisotopic (exact) mass is 425 g/mol. The molecule has 0 saturated carbocycles. The first-order valence-corrected chi connectivity index (χ1v) is 10.3. The number of pyridine rings is 1.